The SMILES string of the molecule is O=C([C@@H]1CCCN1c1nc2c(c(Nc3cc(C4CCOCC4)[nH]n3)n1)CCC2)N1CCCC1. The lowest BCUT2D eigenvalue weighted by atomic mass is 9.97. The van der Waals surface area contributed by atoms with Crippen molar-refractivity contribution in [3.05, 3.63) is 23.0 Å². The third-order valence-corrected chi connectivity index (χ3v) is 7.64. The molecule has 6 rings (SSSR count). The van der Waals surface area contributed by atoms with Crippen LogP contribution in [0.25, 0.3) is 0 Å². The number of anilines is 3. The number of fused-ring (bicyclic) bond motifs is 1. The first-order valence-electron chi connectivity index (χ1n) is 12.6. The molecule has 2 N–H and O–H groups in total. The van der Waals surface area contributed by atoms with E-state index in [1.807, 2.05) is 4.90 Å². The molecule has 1 aliphatic carbocycles. The molecular weight excluding hydrogens is 418 g/mol. The fraction of sp³-hybridized carbons (Fsp3) is 0.667. The van der Waals surface area contributed by atoms with Gasteiger partial charge in [0.1, 0.15) is 11.9 Å². The smallest absolute Gasteiger partial charge is 0.245 e. The van der Waals surface area contributed by atoms with Gasteiger partial charge in [-0.3, -0.25) is 9.89 Å². The summed E-state index contributed by atoms with van der Waals surface area (Å²) in [4.78, 5) is 27.2. The predicted molar refractivity (Wildman–Crippen MR) is 125 cm³/mol. The monoisotopic (exact) mass is 451 g/mol. The molecule has 5 heterocycles. The maximum atomic E-state index is 13.2. The summed E-state index contributed by atoms with van der Waals surface area (Å²) in [6.45, 7) is 4.22. The van der Waals surface area contributed by atoms with Crippen molar-refractivity contribution in [2.75, 3.05) is 43.1 Å². The predicted octanol–water partition coefficient (Wildman–Crippen LogP) is 2.92. The number of rotatable bonds is 5. The summed E-state index contributed by atoms with van der Waals surface area (Å²) in [5.41, 5.74) is 3.46. The highest BCUT2D eigenvalue weighted by Gasteiger charge is 2.37. The van der Waals surface area contributed by atoms with Gasteiger partial charge in [-0.05, 0) is 57.8 Å². The van der Waals surface area contributed by atoms with Gasteiger partial charge in [0, 0.05) is 56.1 Å². The Hall–Kier alpha value is -2.68. The fourth-order valence-electron chi connectivity index (χ4n) is 5.80. The summed E-state index contributed by atoms with van der Waals surface area (Å²) in [7, 11) is 0. The first-order chi connectivity index (χ1) is 16.3. The first kappa shape index (κ1) is 20.9. The van der Waals surface area contributed by atoms with E-state index in [1.54, 1.807) is 0 Å². The highest BCUT2D eigenvalue weighted by Crippen LogP contribution is 2.34. The van der Waals surface area contributed by atoms with E-state index in [-0.39, 0.29) is 11.9 Å². The number of hydrogen-bond acceptors (Lipinski definition) is 7. The molecule has 3 saturated heterocycles. The second-order valence-electron chi connectivity index (χ2n) is 9.76. The molecule has 2 aromatic heterocycles. The molecule has 0 unspecified atom stereocenters. The van der Waals surface area contributed by atoms with Gasteiger partial charge in [-0.1, -0.05) is 0 Å². The molecule has 0 bridgehead atoms. The van der Waals surface area contributed by atoms with Gasteiger partial charge >= 0.3 is 0 Å². The van der Waals surface area contributed by atoms with Crippen LogP contribution >= 0.6 is 0 Å². The summed E-state index contributed by atoms with van der Waals surface area (Å²) in [6, 6.07) is 1.97. The van der Waals surface area contributed by atoms with Crippen LogP contribution in [0, 0.1) is 0 Å². The fourth-order valence-corrected chi connectivity index (χ4v) is 5.80. The van der Waals surface area contributed by atoms with Gasteiger partial charge in [-0.25, -0.2) is 4.98 Å². The number of aromatic amines is 1. The number of aryl methyl sites for hydroxylation is 1. The van der Waals surface area contributed by atoms with Crippen molar-refractivity contribution in [3.63, 3.8) is 0 Å². The highest BCUT2D eigenvalue weighted by molar-refractivity contribution is 5.85. The zero-order valence-electron chi connectivity index (χ0n) is 19.2. The van der Waals surface area contributed by atoms with Gasteiger partial charge < -0.3 is 19.9 Å². The Bertz CT molecular complexity index is 1010. The van der Waals surface area contributed by atoms with E-state index in [0.717, 1.165) is 114 Å². The number of nitrogens with zero attached hydrogens (tertiary/aromatic N) is 5. The molecule has 3 aliphatic heterocycles. The Kier molecular flexibility index (Phi) is 5.65. The number of carbonyl (C=O) groups is 1. The molecule has 2 aromatic rings. The van der Waals surface area contributed by atoms with E-state index < -0.39 is 0 Å². The number of aromatic nitrogens is 4. The summed E-state index contributed by atoms with van der Waals surface area (Å²) in [5.74, 6) is 3.04. The zero-order chi connectivity index (χ0) is 22.2. The summed E-state index contributed by atoms with van der Waals surface area (Å²) < 4.78 is 5.50. The number of ether oxygens (including phenoxy) is 1. The van der Waals surface area contributed by atoms with E-state index in [2.05, 4.69) is 26.5 Å². The quantitative estimate of drug-likeness (QED) is 0.721. The molecule has 33 heavy (non-hydrogen) atoms. The van der Waals surface area contributed by atoms with Crippen molar-refractivity contribution in [2.45, 2.75) is 69.7 Å². The van der Waals surface area contributed by atoms with Gasteiger partial charge in [-0.2, -0.15) is 10.1 Å². The number of likely N-dealkylation sites (tertiary alicyclic amines) is 1. The lowest BCUT2D eigenvalue weighted by Crippen LogP contribution is -2.45. The average Bonchev–Trinajstić information content (AvgIpc) is 3.65. The molecule has 4 aliphatic rings. The van der Waals surface area contributed by atoms with Crippen LogP contribution in [-0.2, 0) is 22.4 Å². The molecule has 9 nitrogen and oxygen atoms in total. The Morgan fingerprint density at radius 2 is 1.88 bits per heavy atom. The Labute approximate surface area is 194 Å². The van der Waals surface area contributed by atoms with Crippen LogP contribution in [0.15, 0.2) is 6.07 Å². The first-order valence-corrected chi connectivity index (χ1v) is 12.6. The molecule has 1 amide bonds. The Morgan fingerprint density at radius 3 is 2.73 bits per heavy atom. The van der Waals surface area contributed by atoms with Crippen molar-refractivity contribution in [1.82, 2.24) is 25.1 Å². The molecule has 9 heteroatoms. The van der Waals surface area contributed by atoms with E-state index in [9.17, 15) is 4.79 Å². The van der Waals surface area contributed by atoms with E-state index in [4.69, 9.17) is 14.7 Å². The Balaban J connectivity index is 1.25. The van der Waals surface area contributed by atoms with Crippen LogP contribution in [-0.4, -0.2) is 69.9 Å². The van der Waals surface area contributed by atoms with Crippen molar-refractivity contribution < 1.29 is 9.53 Å². The third-order valence-electron chi connectivity index (χ3n) is 7.64. The number of carbonyl (C=O) groups excluding carboxylic acids is 1. The molecule has 176 valence electrons. The van der Waals surface area contributed by atoms with E-state index >= 15 is 0 Å². The van der Waals surface area contributed by atoms with Crippen molar-refractivity contribution in [3.8, 4) is 0 Å². The number of amides is 1. The van der Waals surface area contributed by atoms with E-state index in [1.165, 1.54) is 5.56 Å². The molecule has 3 fully saturated rings. The number of hydrogen-bond donors (Lipinski definition) is 2. The standard InChI is InChI=1S/C24H33N7O2/c32-23(30-10-1-2-11-30)20-7-4-12-31(20)24-25-18-6-3-5-17(18)22(27-24)26-21-15-19(28-29-21)16-8-13-33-14-9-16/h15-16,20H,1-14H2,(H2,25,26,27,28,29)/t20-/m0/s1. The summed E-state index contributed by atoms with van der Waals surface area (Å²) >= 11 is 0. The maximum absolute atomic E-state index is 13.2. The van der Waals surface area contributed by atoms with Crippen LogP contribution in [0.1, 0.15) is 67.8 Å². The molecular formula is C24H33N7O2. The van der Waals surface area contributed by atoms with Crippen molar-refractivity contribution in [1.29, 1.82) is 0 Å². The van der Waals surface area contributed by atoms with Crippen molar-refractivity contribution >= 4 is 23.5 Å². The molecule has 1 atom stereocenters. The number of H-pyrrole nitrogens is 1. The van der Waals surface area contributed by atoms with Crippen LogP contribution in [0.5, 0.6) is 0 Å². The molecule has 0 spiro atoms. The zero-order valence-corrected chi connectivity index (χ0v) is 19.2. The molecule has 0 saturated carbocycles. The van der Waals surface area contributed by atoms with Crippen LogP contribution < -0.4 is 10.2 Å². The minimum atomic E-state index is -0.138. The van der Waals surface area contributed by atoms with Gasteiger partial charge in [0.05, 0.1) is 5.69 Å². The third kappa shape index (κ3) is 4.07. The Morgan fingerprint density at radius 1 is 1.03 bits per heavy atom. The van der Waals surface area contributed by atoms with Crippen LogP contribution in [0.2, 0.25) is 0 Å². The topological polar surface area (TPSA) is 99.3 Å². The van der Waals surface area contributed by atoms with Crippen LogP contribution in [0.3, 0.4) is 0 Å². The summed E-state index contributed by atoms with van der Waals surface area (Å²) in [5, 5.41) is 11.2. The van der Waals surface area contributed by atoms with Gasteiger partial charge in [0.15, 0.2) is 5.82 Å². The minimum Gasteiger partial charge on any atom is -0.381 e. The second kappa shape index (κ2) is 8.93. The van der Waals surface area contributed by atoms with Crippen molar-refractivity contribution in [2.24, 2.45) is 0 Å². The summed E-state index contributed by atoms with van der Waals surface area (Å²) in [6.07, 6.45) is 9.19. The highest BCUT2D eigenvalue weighted by atomic mass is 16.5. The largest absolute Gasteiger partial charge is 0.381 e. The van der Waals surface area contributed by atoms with E-state index in [0.29, 0.717) is 11.9 Å². The molecule has 0 aromatic carbocycles. The normalized spacial score (nSPS) is 23.3. The average molecular weight is 452 g/mol. The lowest BCUT2D eigenvalue weighted by molar-refractivity contribution is -0.131. The van der Waals surface area contributed by atoms with Gasteiger partial charge in [0.25, 0.3) is 0 Å². The molecule has 0 radical (unpaired) electrons. The van der Waals surface area contributed by atoms with Gasteiger partial charge in [-0.15, -0.1) is 0 Å². The number of nitrogens with one attached hydrogen (secondary N) is 2. The van der Waals surface area contributed by atoms with Gasteiger partial charge in [0.2, 0.25) is 11.9 Å². The minimum absolute atomic E-state index is 0.138. The van der Waals surface area contributed by atoms with Crippen LogP contribution in [0.4, 0.5) is 17.6 Å². The second-order valence-corrected chi connectivity index (χ2v) is 9.76. The lowest BCUT2D eigenvalue weighted by Gasteiger charge is -2.28. The maximum Gasteiger partial charge on any atom is 0.245 e.